The highest BCUT2D eigenvalue weighted by molar-refractivity contribution is 7.92. The molecular formula is C28H39N3O7S. The molecule has 1 N–H and O–H groups in total. The molecule has 0 bridgehead atoms. The van der Waals surface area contributed by atoms with Crippen LogP contribution in [0.5, 0.6) is 17.2 Å². The molecule has 2 aromatic carbocycles. The number of carbonyl (C=O) groups is 2. The summed E-state index contributed by atoms with van der Waals surface area (Å²) in [6.45, 7) is 7.95. The molecule has 0 spiro atoms. The van der Waals surface area contributed by atoms with Crippen LogP contribution >= 0.6 is 0 Å². The van der Waals surface area contributed by atoms with Crippen molar-refractivity contribution in [3.63, 3.8) is 0 Å². The van der Waals surface area contributed by atoms with Gasteiger partial charge in [0.2, 0.25) is 28.6 Å². The van der Waals surface area contributed by atoms with Crippen molar-refractivity contribution in [3.05, 3.63) is 48.0 Å². The molecule has 0 fully saturated rings. The maximum Gasteiger partial charge on any atom is 0.243 e. The highest BCUT2D eigenvalue weighted by atomic mass is 32.2. The first-order valence-electron chi connectivity index (χ1n) is 12.9. The second-order valence-corrected chi connectivity index (χ2v) is 12.4. The molecule has 214 valence electrons. The maximum atomic E-state index is 13.6. The third-order valence-corrected chi connectivity index (χ3v) is 7.39. The Kier molecular flexibility index (Phi) is 9.71. The largest absolute Gasteiger partial charge is 0.497 e. The predicted octanol–water partition coefficient (Wildman–Crippen LogP) is 3.69. The van der Waals surface area contributed by atoms with Crippen molar-refractivity contribution in [3.8, 4) is 17.2 Å². The summed E-state index contributed by atoms with van der Waals surface area (Å²) in [5.74, 6) is 1.25. The first kappa shape index (κ1) is 30.1. The molecule has 0 unspecified atom stereocenters. The smallest absolute Gasteiger partial charge is 0.243 e. The van der Waals surface area contributed by atoms with Crippen molar-refractivity contribution in [2.45, 2.75) is 65.1 Å². The molecule has 10 nitrogen and oxygen atoms in total. The summed E-state index contributed by atoms with van der Waals surface area (Å²) in [5.41, 5.74) is 0.824. The van der Waals surface area contributed by atoms with E-state index in [0.29, 0.717) is 29.4 Å². The zero-order chi connectivity index (χ0) is 28.8. The molecule has 0 saturated heterocycles. The van der Waals surface area contributed by atoms with Gasteiger partial charge in [-0.2, -0.15) is 0 Å². The zero-order valence-electron chi connectivity index (χ0n) is 23.5. The zero-order valence-corrected chi connectivity index (χ0v) is 24.3. The Hall–Kier alpha value is -3.47. The molecule has 1 atom stereocenters. The van der Waals surface area contributed by atoms with Crippen LogP contribution in [0.4, 0.5) is 5.69 Å². The van der Waals surface area contributed by atoms with Crippen LogP contribution in [-0.4, -0.2) is 63.4 Å². The minimum Gasteiger partial charge on any atom is -0.497 e. The van der Waals surface area contributed by atoms with Gasteiger partial charge >= 0.3 is 0 Å². The molecule has 3 rings (SSSR count). The monoisotopic (exact) mass is 561 g/mol. The average molecular weight is 562 g/mol. The van der Waals surface area contributed by atoms with Gasteiger partial charge in [-0.1, -0.05) is 19.1 Å². The summed E-state index contributed by atoms with van der Waals surface area (Å²) in [5, 5.41) is 2.98. The van der Waals surface area contributed by atoms with Gasteiger partial charge in [0.05, 0.1) is 19.1 Å². The van der Waals surface area contributed by atoms with Crippen molar-refractivity contribution in [2.24, 2.45) is 0 Å². The van der Waals surface area contributed by atoms with Gasteiger partial charge in [-0.25, -0.2) is 8.42 Å². The van der Waals surface area contributed by atoms with E-state index < -0.39 is 21.6 Å². The SMILES string of the molecule is CC[C@@H](C(=O)NC(C)(C)C)N(Cc1ccc(OC)cc1)C(=O)CCCN(c1ccc2c(c1)OCO2)S(C)(=O)=O. The first-order valence-corrected chi connectivity index (χ1v) is 14.8. The fourth-order valence-corrected chi connectivity index (χ4v) is 5.30. The quantitative estimate of drug-likeness (QED) is 0.420. The number of carbonyl (C=O) groups excluding carboxylic acids is 2. The number of fused-ring (bicyclic) bond motifs is 1. The maximum absolute atomic E-state index is 13.6. The molecule has 0 radical (unpaired) electrons. The lowest BCUT2D eigenvalue weighted by atomic mass is 10.0. The highest BCUT2D eigenvalue weighted by Gasteiger charge is 2.31. The van der Waals surface area contributed by atoms with Crippen LogP contribution in [-0.2, 0) is 26.2 Å². The molecular weight excluding hydrogens is 522 g/mol. The van der Waals surface area contributed by atoms with Gasteiger partial charge in [0, 0.05) is 31.1 Å². The molecule has 0 aliphatic carbocycles. The van der Waals surface area contributed by atoms with Gasteiger partial charge in [0.15, 0.2) is 11.5 Å². The molecule has 1 aliphatic heterocycles. The van der Waals surface area contributed by atoms with Crippen molar-refractivity contribution in [1.82, 2.24) is 10.2 Å². The third kappa shape index (κ3) is 8.26. The van der Waals surface area contributed by atoms with Gasteiger partial charge < -0.3 is 24.4 Å². The van der Waals surface area contributed by atoms with E-state index in [2.05, 4.69) is 5.32 Å². The lowest BCUT2D eigenvalue weighted by molar-refractivity contribution is -0.142. The predicted molar refractivity (Wildman–Crippen MR) is 150 cm³/mol. The Balaban J connectivity index is 1.78. The van der Waals surface area contributed by atoms with Gasteiger partial charge in [-0.15, -0.1) is 0 Å². The fraction of sp³-hybridized carbons (Fsp3) is 0.500. The van der Waals surface area contributed by atoms with E-state index in [4.69, 9.17) is 14.2 Å². The van der Waals surface area contributed by atoms with Crippen LogP contribution in [0.15, 0.2) is 42.5 Å². The molecule has 39 heavy (non-hydrogen) atoms. The van der Waals surface area contributed by atoms with Crippen LogP contribution < -0.4 is 23.8 Å². The topological polar surface area (TPSA) is 114 Å². The van der Waals surface area contributed by atoms with Gasteiger partial charge in [0.25, 0.3) is 0 Å². The van der Waals surface area contributed by atoms with E-state index in [1.165, 1.54) is 4.31 Å². The summed E-state index contributed by atoms with van der Waals surface area (Å²) in [7, 11) is -2.05. The van der Waals surface area contributed by atoms with Crippen LogP contribution in [0.25, 0.3) is 0 Å². The van der Waals surface area contributed by atoms with Crippen molar-refractivity contribution >= 4 is 27.5 Å². The second-order valence-electron chi connectivity index (χ2n) is 10.5. The number of nitrogens with zero attached hydrogens (tertiary/aromatic N) is 2. The van der Waals surface area contributed by atoms with E-state index >= 15 is 0 Å². The first-order chi connectivity index (χ1) is 18.3. The van der Waals surface area contributed by atoms with Crippen molar-refractivity contribution in [2.75, 3.05) is 31.0 Å². The number of rotatable bonds is 12. The molecule has 1 heterocycles. The Bertz CT molecular complexity index is 1260. The number of anilines is 1. The summed E-state index contributed by atoms with van der Waals surface area (Å²) < 4.78 is 42.4. The number of hydrogen-bond acceptors (Lipinski definition) is 7. The number of ether oxygens (including phenoxy) is 3. The summed E-state index contributed by atoms with van der Waals surface area (Å²) in [6, 6.07) is 11.6. The van der Waals surface area contributed by atoms with E-state index in [0.717, 1.165) is 11.8 Å². The number of sulfonamides is 1. The van der Waals surface area contributed by atoms with Crippen LogP contribution in [0.3, 0.4) is 0 Å². The molecule has 11 heteroatoms. The lowest BCUT2D eigenvalue weighted by Crippen LogP contribution is -2.53. The minimum atomic E-state index is -3.63. The lowest BCUT2D eigenvalue weighted by Gasteiger charge is -2.33. The van der Waals surface area contributed by atoms with E-state index in [1.807, 2.05) is 52.0 Å². The van der Waals surface area contributed by atoms with Gasteiger partial charge in [-0.05, 0) is 63.4 Å². The second kappa shape index (κ2) is 12.6. The Labute approximate surface area is 231 Å². The molecule has 1 aliphatic rings. The number of amides is 2. The number of hydrogen-bond donors (Lipinski definition) is 1. The summed E-state index contributed by atoms with van der Waals surface area (Å²) >= 11 is 0. The van der Waals surface area contributed by atoms with Crippen LogP contribution in [0, 0.1) is 0 Å². The number of methoxy groups -OCH3 is 1. The Morgan fingerprint density at radius 3 is 2.33 bits per heavy atom. The number of benzene rings is 2. The van der Waals surface area contributed by atoms with E-state index in [9.17, 15) is 18.0 Å². The van der Waals surface area contributed by atoms with Crippen molar-refractivity contribution in [1.29, 1.82) is 0 Å². The number of nitrogens with one attached hydrogen (secondary N) is 1. The fourth-order valence-electron chi connectivity index (χ4n) is 4.34. The van der Waals surface area contributed by atoms with Gasteiger partial charge in [0.1, 0.15) is 11.8 Å². The van der Waals surface area contributed by atoms with Crippen molar-refractivity contribution < 1.29 is 32.2 Å². The normalized spacial score (nSPS) is 13.5. The Morgan fingerprint density at radius 1 is 1.08 bits per heavy atom. The standard InChI is InChI=1S/C28H39N3O7S/c1-7-23(27(33)29-28(2,3)4)30(18-20-10-13-22(36-5)14-11-20)26(32)9-8-16-31(39(6,34)35)21-12-15-24-25(17-21)38-19-37-24/h10-15,17,23H,7-9,16,18-19H2,1-6H3,(H,29,33)/t23-/m0/s1. The Morgan fingerprint density at radius 2 is 1.74 bits per heavy atom. The summed E-state index contributed by atoms with van der Waals surface area (Å²) in [6.07, 6.45) is 1.87. The van der Waals surface area contributed by atoms with Gasteiger partial charge in [-0.3, -0.25) is 13.9 Å². The summed E-state index contributed by atoms with van der Waals surface area (Å²) in [4.78, 5) is 28.3. The molecule has 0 saturated carbocycles. The van der Waals surface area contributed by atoms with Crippen LogP contribution in [0.2, 0.25) is 0 Å². The van der Waals surface area contributed by atoms with E-state index in [-0.39, 0.29) is 44.5 Å². The van der Waals surface area contributed by atoms with E-state index in [1.54, 1.807) is 30.2 Å². The third-order valence-electron chi connectivity index (χ3n) is 6.19. The van der Waals surface area contributed by atoms with Crippen LogP contribution in [0.1, 0.15) is 52.5 Å². The molecule has 0 aromatic heterocycles. The average Bonchev–Trinajstić information content (AvgIpc) is 3.33. The highest BCUT2D eigenvalue weighted by Crippen LogP contribution is 2.36. The molecule has 2 aromatic rings. The minimum absolute atomic E-state index is 0.0615. The molecule has 2 amide bonds.